The van der Waals surface area contributed by atoms with Crippen molar-refractivity contribution in [2.24, 2.45) is 70.3 Å². The maximum absolute atomic E-state index is 13.3. The van der Waals surface area contributed by atoms with Gasteiger partial charge in [0.25, 0.3) is 0 Å². The molecular formula is C24H39N3O. The van der Waals surface area contributed by atoms with Gasteiger partial charge in [-0.15, -0.1) is 0 Å². The monoisotopic (exact) mass is 385 g/mol. The van der Waals surface area contributed by atoms with E-state index in [2.05, 4.69) is 13.8 Å². The molecular weight excluding hydrogens is 346 g/mol. The van der Waals surface area contributed by atoms with Gasteiger partial charge in [0.2, 0.25) is 0 Å². The van der Waals surface area contributed by atoms with Gasteiger partial charge in [-0.25, -0.2) is 5.84 Å². The molecule has 4 N–H and O–H groups in total. The molecule has 10 unspecified atom stereocenters. The number of rotatable bonds is 4. The highest BCUT2D eigenvalue weighted by Crippen LogP contribution is 2.74. The number of carbonyl (C=O) groups is 1. The Morgan fingerprint density at radius 3 is 2.61 bits per heavy atom. The summed E-state index contributed by atoms with van der Waals surface area (Å²) in [6.07, 6.45) is 14.2. The van der Waals surface area contributed by atoms with Gasteiger partial charge in [0.05, 0.1) is 6.54 Å². The number of hydrazine groups is 1. The highest BCUT2D eigenvalue weighted by atomic mass is 16.1. The van der Waals surface area contributed by atoms with Crippen LogP contribution >= 0.6 is 0 Å². The van der Waals surface area contributed by atoms with Crippen molar-refractivity contribution < 1.29 is 4.79 Å². The summed E-state index contributed by atoms with van der Waals surface area (Å²) in [5.74, 6) is 13.6. The Morgan fingerprint density at radius 1 is 1.04 bits per heavy atom. The van der Waals surface area contributed by atoms with Crippen molar-refractivity contribution in [3.05, 3.63) is 12.4 Å². The maximum Gasteiger partial charge on any atom is 0.157 e. The molecule has 28 heavy (non-hydrogen) atoms. The van der Waals surface area contributed by atoms with Crippen LogP contribution in [0.15, 0.2) is 12.4 Å². The largest absolute Gasteiger partial charge is 0.403 e. The first-order chi connectivity index (χ1) is 13.4. The number of Topliss-reactive ketones (excluding diaryl/α,β-unsaturated/α-hetero) is 1. The second-order valence-corrected chi connectivity index (χ2v) is 11.3. The van der Waals surface area contributed by atoms with E-state index in [0.717, 1.165) is 41.4 Å². The molecule has 0 amide bonds. The van der Waals surface area contributed by atoms with Crippen LogP contribution in [-0.4, -0.2) is 17.3 Å². The van der Waals surface area contributed by atoms with Crippen LogP contribution in [0, 0.1) is 58.7 Å². The summed E-state index contributed by atoms with van der Waals surface area (Å²) in [6.45, 7) is 5.24. The van der Waals surface area contributed by atoms with Crippen molar-refractivity contribution in [3.63, 3.8) is 0 Å². The van der Waals surface area contributed by atoms with E-state index in [4.69, 9.17) is 11.6 Å². The van der Waals surface area contributed by atoms with Gasteiger partial charge in [-0.3, -0.25) is 4.79 Å². The molecule has 0 spiro atoms. The van der Waals surface area contributed by atoms with Crippen LogP contribution in [0.25, 0.3) is 0 Å². The van der Waals surface area contributed by atoms with Crippen LogP contribution in [0.4, 0.5) is 0 Å². The quantitative estimate of drug-likeness (QED) is 0.568. The lowest BCUT2D eigenvalue weighted by molar-refractivity contribution is -0.134. The number of nitrogens with two attached hydrogens (primary N) is 2. The topological polar surface area (TPSA) is 72.3 Å². The number of nitrogens with zero attached hydrogens (tertiary/aromatic N) is 1. The molecule has 5 saturated carbocycles. The van der Waals surface area contributed by atoms with Crippen molar-refractivity contribution in [1.82, 2.24) is 5.01 Å². The Labute approximate surface area is 170 Å². The van der Waals surface area contributed by atoms with Gasteiger partial charge in [-0.1, -0.05) is 20.3 Å². The number of fused-ring (bicyclic) bond motifs is 7. The minimum absolute atomic E-state index is 0.216. The molecule has 4 heteroatoms. The maximum atomic E-state index is 13.3. The minimum atomic E-state index is 0.216. The molecule has 5 aliphatic carbocycles. The Bertz CT molecular complexity index is 662. The normalized spacial score (nSPS) is 51.8. The van der Waals surface area contributed by atoms with Crippen LogP contribution in [0.2, 0.25) is 0 Å². The van der Waals surface area contributed by atoms with Crippen LogP contribution in [-0.2, 0) is 4.79 Å². The summed E-state index contributed by atoms with van der Waals surface area (Å²) in [5.41, 5.74) is 5.66. The number of ketones is 1. The molecule has 10 atom stereocenters. The molecule has 0 radical (unpaired) electrons. The number of carbonyl (C=O) groups excluding carboxylic acids is 1. The van der Waals surface area contributed by atoms with E-state index < -0.39 is 0 Å². The average molecular weight is 386 g/mol. The zero-order chi connectivity index (χ0) is 19.6. The molecule has 0 aliphatic heterocycles. The standard InChI is InChI=1S/C24H39N3O/c1-14-3-5-16-15(11-14)4-6-18-17(16)7-8-24(2)22(18)19-12-20(19)23(24)21(28)13-27(26)10-9-25/h9-10,14-20,22-23H,3-8,11-13,25-26H2,1-2H3/b10-9-. The van der Waals surface area contributed by atoms with Crippen molar-refractivity contribution in [1.29, 1.82) is 0 Å². The molecule has 0 aromatic rings. The second-order valence-electron chi connectivity index (χ2n) is 11.3. The van der Waals surface area contributed by atoms with Crippen LogP contribution in [0.5, 0.6) is 0 Å². The molecule has 5 rings (SSSR count). The summed E-state index contributed by atoms with van der Waals surface area (Å²) < 4.78 is 0. The summed E-state index contributed by atoms with van der Waals surface area (Å²) in [7, 11) is 0. The van der Waals surface area contributed by atoms with Gasteiger partial charge in [-0.05, 0) is 97.7 Å². The third kappa shape index (κ3) is 2.77. The van der Waals surface area contributed by atoms with Gasteiger partial charge < -0.3 is 10.7 Å². The van der Waals surface area contributed by atoms with Crippen molar-refractivity contribution >= 4 is 5.78 Å². The molecule has 0 bridgehead atoms. The number of hydrogen-bond acceptors (Lipinski definition) is 4. The summed E-state index contributed by atoms with van der Waals surface area (Å²) >= 11 is 0. The summed E-state index contributed by atoms with van der Waals surface area (Å²) in [5, 5.41) is 1.47. The molecule has 0 aromatic heterocycles. The highest BCUT2D eigenvalue weighted by molar-refractivity contribution is 5.85. The first kappa shape index (κ1) is 19.0. The van der Waals surface area contributed by atoms with E-state index in [1.807, 2.05) is 0 Å². The van der Waals surface area contributed by atoms with E-state index in [1.54, 1.807) is 6.20 Å². The van der Waals surface area contributed by atoms with Crippen LogP contribution in [0.3, 0.4) is 0 Å². The van der Waals surface area contributed by atoms with Crippen LogP contribution in [0.1, 0.15) is 65.2 Å². The highest BCUT2D eigenvalue weighted by Gasteiger charge is 2.70. The summed E-state index contributed by atoms with van der Waals surface area (Å²) in [4.78, 5) is 13.3. The van der Waals surface area contributed by atoms with Crippen molar-refractivity contribution in [2.75, 3.05) is 6.54 Å². The van der Waals surface area contributed by atoms with E-state index in [-0.39, 0.29) is 11.3 Å². The fourth-order valence-corrected chi connectivity index (χ4v) is 9.10. The molecule has 5 aliphatic rings. The lowest BCUT2D eigenvalue weighted by Gasteiger charge is -2.57. The minimum Gasteiger partial charge on any atom is -0.403 e. The smallest absolute Gasteiger partial charge is 0.157 e. The fraction of sp³-hybridized carbons (Fsp3) is 0.875. The van der Waals surface area contributed by atoms with Gasteiger partial charge in [0.15, 0.2) is 5.78 Å². The van der Waals surface area contributed by atoms with Gasteiger partial charge >= 0.3 is 0 Å². The van der Waals surface area contributed by atoms with E-state index in [9.17, 15) is 4.79 Å². The first-order valence-electron chi connectivity index (χ1n) is 11.9. The Kier molecular flexibility index (Phi) is 4.57. The van der Waals surface area contributed by atoms with E-state index >= 15 is 0 Å². The predicted molar refractivity (Wildman–Crippen MR) is 111 cm³/mol. The SMILES string of the molecule is CC1CCC2C(CCC3C2CCC2(C)C(C(=O)CN(N)/C=C\N)C4CC4C32)C1. The lowest BCUT2D eigenvalue weighted by Crippen LogP contribution is -2.51. The predicted octanol–water partition coefficient (Wildman–Crippen LogP) is 3.92. The molecule has 5 fully saturated rings. The van der Waals surface area contributed by atoms with Crippen LogP contribution < -0.4 is 11.6 Å². The zero-order valence-electron chi connectivity index (χ0n) is 17.7. The molecule has 0 saturated heterocycles. The average Bonchev–Trinajstić information content (AvgIpc) is 3.35. The third-order valence-electron chi connectivity index (χ3n) is 9.97. The zero-order valence-corrected chi connectivity index (χ0v) is 17.7. The van der Waals surface area contributed by atoms with Gasteiger partial charge in [0.1, 0.15) is 0 Å². The first-order valence-corrected chi connectivity index (χ1v) is 11.9. The second kappa shape index (κ2) is 6.75. The van der Waals surface area contributed by atoms with Crippen molar-refractivity contribution in [2.45, 2.75) is 65.2 Å². The molecule has 0 aromatic carbocycles. The third-order valence-corrected chi connectivity index (χ3v) is 9.97. The Hall–Kier alpha value is -1.03. The van der Waals surface area contributed by atoms with E-state index in [0.29, 0.717) is 18.2 Å². The van der Waals surface area contributed by atoms with Crippen molar-refractivity contribution in [3.8, 4) is 0 Å². The molecule has 4 nitrogen and oxygen atoms in total. The number of hydrogen-bond donors (Lipinski definition) is 2. The Morgan fingerprint density at radius 2 is 1.82 bits per heavy atom. The van der Waals surface area contributed by atoms with Gasteiger partial charge in [-0.2, -0.15) is 0 Å². The van der Waals surface area contributed by atoms with E-state index in [1.165, 1.54) is 62.6 Å². The summed E-state index contributed by atoms with van der Waals surface area (Å²) in [6, 6.07) is 0. The lowest BCUT2D eigenvalue weighted by atomic mass is 9.48. The Balaban J connectivity index is 1.36. The molecule has 156 valence electrons. The molecule has 0 heterocycles. The fourth-order valence-electron chi connectivity index (χ4n) is 9.10. The van der Waals surface area contributed by atoms with Gasteiger partial charge in [0, 0.05) is 18.3 Å².